The Balaban J connectivity index is 1.64. The third kappa shape index (κ3) is 4.11. The summed E-state index contributed by atoms with van der Waals surface area (Å²) in [7, 11) is 0. The number of nitrogens with one attached hydrogen (secondary N) is 2. The molecule has 1 saturated carbocycles. The van der Waals surface area contributed by atoms with Crippen molar-refractivity contribution in [3.05, 3.63) is 29.8 Å². The lowest BCUT2D eigenvalue weighted by Crippen LogP contribution is -2.28. The van der Waals surface area contributed by atoms with Gasteiger partial charge in [0.2, 0.25) is 0 Å². The summed E-state index contributed by atoms with van der Waals surface area (Å²) in [5.41, 5.74) is 0.251. The maximum Gasteiger partial charge on any atom is 0.269 e. The second-order valence-electron chi connectivity index (χ2n) is 4.20. The number of carbonyl (C=O) groups excluding carboxylic acids is 1. The highest BCUT2D eigenvalue weighted by Gasteiger charge is 2.19. The molecule has 1 aromatic rings. The van der Waals surface area contributed by atoms with Crippen molar-refractivity contribution in [3.63, 3.8) is 0 Å². The van der Waals surface area contributed by atoms with Gasteiger partial charge in [-0.25, -0.2) is 9.37 Å². The summed E-state index contributed by atoms with van der Waals surface area (Å²) in [6.07, 6.45) is 4.48. The largest absolute Gasteiger partial charge is 0.351 e. The number of hydrogen-bond donors (Lipinski definition) is 2. The second kappa shape index (κ2) is 5.72. The molecule has 1 heterocycles. The number of nitrogens with zero attached hydrogens (tertiary/aromatic N) is 1. The van der Waals surface area contributed by atoms with Crippen LogP contribution in [0.4, 0.5) is 4.39 Å². The molecule has 17 heavy (non-hydrogen) atoms. The van der Waals surface area contributed by atoms with Crippen LogP contribution in [0.3, 0.4) is 0 Å². The summed E-state index contributed by atoms with van der Waals surface area (Å²) in [6.45, 7) is 1.53. The highest BCUT2D eigenvalue weighted by atomic mass is 19.1. The molecule has 0 aliphatic heterocycles. The minimum absolute atomic E-state index is 0.251. The van der Waals surface area contributed by atoms with Gasteiger partial charge in [0.1, 0.15) is 11.5 Å². The first-order valence-corrected chi connectivity index (χ1v) is 5.89. The van der Waals surface area contributed by atoms with Gasteiger partial charge in [0.25, 0.3) is 5.91 Å². The summed E-state index contributed by atoms with van der Waals surface area (Å²) in [4.78, 5) is 15.3. The van der Waals surface area contributed by atoms with E-state index in [0.717, 1.165) is 19.2 Å². The van der Waals surface area contributed by atoms with Gasteiger partial charge in [0, 0.05) is 12.6 Å². The average molecular weight is 237 g/mol. The van der Waals surface area contributed by atoms with Gasteiger partial charge in [-0.15, -0.1) is 0 Å². The van der Waals surface area contributed by atoms with E-state index in [1.165, 1.54) is 25.0 Å². The Kier molecular flexibility index (Phi) is 4.03. The monoisotopic (exact) mass is 237 g/mol. The van der Waals surface area contributed by atoms with E-state index in [9.17, 15) is 9.18 Å². The topological polar surface area (TPSA) is 54.0 Å². The van der Waals surface area contributed by atoms with E-state index in [0.29, 0.717) is 12.6 Å². The molecule has 5 heteroatoms. The highest BCUT2D eigenvalue weighted by molar-refractivity contribution is 5.92. The van der Waals surface area contributed by atoms with E-state index in [1.54, 1.807) is 0 Å². The molecule has 0 radical (unpaired) electrons. The third-order valence-corrected chi connectivity index (χ3v) is 2.61. The zero-order chi connectivity index (χ0) is 12.1. The van der Waals surface area contributed by atoms with E-state index in [4.69, 9.17) is 0 Å². The van der Waals surface area contributed by atoms with Gasteiger partial charge >= 0.3 is 0 Å². The Labute approximate surface area is 99.6 Å². The summed E-state index contributed by atoms with van der Waals surface area (Å²) in [6, 6.07) is 3.31. The molecule has 2 rings (SSSR count). The van der Waals surface area contributed by atoms with Crippen LogP contribution in [0.1, 0.15) is 29.8 Å². The van der Waals surface area contributed by atoms with Gasteiger partial charge in [-0.2, -0.15) is 0 Å². The molecule has 1 aliphatic rings. The predicted molar refractivity (Wildman–Crippen MR) is 62.2 cm³/mol. The van der Waals surface area contributed by atoms with E-state index < -0.39 is 5.82 Å². The molecule has 0 saturated heterocycles. The first-order chi connectivity index (χ1) is 8.25. The summed E-state index contributed by atoms with van der Waals surface area (Å²) >= 11 is 0. The van der Waals surface area contributed by atoms with Gasteiger partial charge in [0.05, 0.1) is 6.20 Å². The molecule has 0 aromatic carbocycles. The molecular formula is C12H16FN3O. The smallest absolute Gasteiger partial charge is 0.269 e. The van der Waals surface area contributed by atoms with Crippen LogP contribution in [0.15, 0.2) is 18.3 Å². The normalized spacial score (nSPS) is 14.6. The fourth-order valence-corrected chi connectivity index (χ4v) is 1.48. The van der Waals surface area contributed by atoms with Crippen LogP contribution in [0.5, 0.6) is 0 Å². The molecule has 0 unspecified atom stereocenters. The molecule has 1 fully saturated rings. The van der Waals surface area contributed by atoms with Crippen molar-refractivity contribution >= 4 is 5.91 Å². The molecule has 4 nitrogen and oxygen atoms in total. The van der Waals surface area contributed by atoms with Crippen molar-refractivity contribution in [3.8, 4) is 0 Å². The minimum atomic E-state index is -0.435. The van der Waals surface area contributed by atoms with E-state index in [2.05, 4.69) is 15.6 Å². The first-order valence-electron chi connectivity index (χ1n) is 5.89. The van der Waals surface area contributed by atoms with Crippen LogP contribution < -0.4 is 10.6 Å². The molecule has 1 amide bonds. The number of halogens is 1. The fraction of sp³-hybridized carbons (Fsp3) is 0.500. The summed E-state index contributed by atoms with van der Waals surface area (Å²) in [5, 5.41) is 6.11. The lowest BCUT2D eigenvalue weighted by atomic mass is 10.3. The van der Waals surface area contributed by atoms with Crippen LogP contribution in [0, 0.1) is 5.82 Å². The molecule has 2 N–H and O–H groups in total. The average Bonchev–Trinajstić information content (AvgIpc) is 3.13. The van der Waals surface area contributed by atoms with Crippen molar-refractivity contribution in [2.75, 3.05) is 13.1 Å². The minimum Gasteiger partial charge on any atom is -0.351 e. The van der Waals surface area contributed by atoms with Crippen LogP contribution in [0.2, 0.25) is 0 Å². The molecule has 0 atom stereocenters. The van der Waals surface area contributed by atoms with Crippen LogP contribution >= 0.6 is 0 Å². The third-order valence-electron chi connectivity index (χ3n) is 2.61. The van der Waals surface area contributed by atoms with E-state index >= 15 is 0 Å². The van der Waals surface area contributed by atoms with Crippen LogP contribution in [-0.2, 0) is 0 Å². The van der Waals surface area contributed by atoms with Crippen molar-refractivity contribution in [1.82, 2.24) is 15.6 Å². The Bertz CT molecular complexity index is 376. The molecule has 92 valence electrons. The standard InChI is InChI=1S/C12H16FN3O/c13-9-2-5-11(16-8-9)12(17)15-7-1-6-14-10-3-4-10/h2,5,8,10,14H,1,3-4,6-7H2,(H,15,17). The fourth-order valence-electron chi connectivity index (χ4n) is 1.48. The summed E-state index contributed by atoms with van der Waals surface area (Å²) in [5.74, 6) is -0.688. The van der Waals surface area contributed by atoms with Gasteiger partial charge in [-0.1, -0.05) is 0 Å². The predicted octanol–water partition coefficient (Wildman–Crippen LogP) is 1.09. The Morgan fingerprint density at radius 3 is 2.88 bits per heavy atom. The zero-order valence-corrected chi connectivity index (χ0v) is 9.58. The Hall–Kier alpha value is -1.49. The quantitative estimate of drug-likeness (QED) is 0.728. The van der Waals surface area contributed by atoms with Gasteiger partial charge < -0.3 is 10.6 Å². The van der Waals surface area contributed by atoms with Crippen LogP contribution in [-0.4, -0.2) is 30.0 Å². The lowest BCUT2D eigenvalue weighted by molar-refractivity contribution is 0.0948. The zero-order valence-electron chi connectivity index (χ0n) is 9.58. The maximum absolute atomic E-state index is 12.6. The summed E-state index contributed by atoms with van der Waals surface area (Å²) < 4.78 is 12.6. The van der Waals surface area contributed by atoms with E-state index in [-0.39, 0.29) is 11.6 Å². The van der Waals surface area contributed by atoms with Crippen molar-refractivity contribution in [1.29, 1.82) is 0 Å². The molecule has 1 aromatic heterocycles. The van der Waals surface area contributed by atoms with Crippen molar-refractivity contribution in [2.24, 2.45) is 0 Å². The lowest BCUT2D eigenvalue weighted by Gasteiger charge is -2.05. The number of amides is 1. The van der Waals surface area contributed by atoms with E-state index in [1.807, 2.05) is 0 Å². The van der Waals surface area contributed by atoms with Gasteiger partial charge in [-0.05, 0) is 37.9 Å². The first kappa shape index (κ1) is 12.0. The number of rotatable bonds is 6. The maximum atomic E-state index is 12.6. The molecule has 0 spiro atoms. The van der Waals surface area contributed by atoms with Crippen molar-refractivity contribution in [2.45, 2.75) is 25.3 Å². The van der Waals surface area contributed by atoms with Crippen LogP contribution in [0.25, 0.3) is 0 Å². The number of pyridine rings is 1. The number of hydrogen-bond acceptors (Lipinski definition) is 3. The van der Waals surface area contributed by atoms with Gasteiger partial charge in [0.15, 0.2) is 0 Å². The van der Waals surface area contributed by atoms with Crippen molar-refractivity contribution < 1.29 is 9.18 Å². The SMILES string of the molecule is O=C(NCCCNC1CC1)c1ccc(F)cn1. The Morgan fingerprint density at radius 2 is 2.24 bits per heavy atom. The number of aromatic nitrogens is 1. The molecular weight excluding hydrogens is 221 g/mol. The molecule has 1 aliphatic carbocycles. The van der Waals surface area contributed by atoms with Gasteiger partial charge in [-0.3, -0.25) is 4.79 Å². The number of carbonyl (C=O) groups is 1. The second-order valence-corrected chi connectivity index (χ2v) is 4.20. The Morgan fingerprint density at radius 1 is 1.41 bits per heavy atom. The molecule has 0 bridgehead atoms. The highest BCUT2D eigenvalue weighted by Crippen LogP contribution is 2.18.